The minimum atomic E-state index is -0.439. The van der Waals surface area contributed by atoms with E-state index in [4.69, 9.17) is 23.1 Å². The third-order valence-corrected chi connectivity index (χ3v) is 5.52. The summed E-state index contributed by atoms with van der Waals surface area (Å²) in [6.07, 6.45) is 7.24. The van der Waals surface area contributed by atoms with E-state index < -0.39 is 5.78 Å². The highest BCUT2D eigenvalue weighted by atomic mass is 35.5. The van der Waals surface area contributed by atoms with E-state index >= 15 is 0 Å². The average molecular weight is 430 g/mol. The predicted octanol–water partition coefficient (Wildman–Crippen LogP) is -0.0237. The van der Waals surface area contributed by atoms with E-state index in [0.29, 0.717) is 31.0 Å². The second-order valence-corrected chi connectivity index (χ2v) is 7.59. The molecule has 2 aromatic heterocycles. The SMILES string of the molecule is Nc1nc(N)c(C(=O)/C=C2\NCC3(CCN(C(=O)c4cncnc4)CC3)N2)nc1Cl. The summed E-state index contributed by atoms with van der Waals surface area (Å²) in [6, 6.07) is 0. The lowest BCUT2D eigenvalue weighted by Crippen LogP contribution is -2.53. The number of hydrogen-bond donors (Lipinski definition) is 4. The van der Waals surface area contributed by atoms with Crippen LogP contribution in [0.15, 0.2) is 30.6 Å². The van der Waals surface area contributed by atoms with E-state index in [1.165, 1.54) is 24.8 Å². The number of piperidine rings is 1. The first-order valence-electron chi connectivity index (χ1n) is 9.28. The van der Waals surface area contributed by atoms with Crippen molar-refractivity contribution in [1.82, 2.24) is 35.5 Å². The molecule has 156 valence electrons. The molecule has 12 heteroatoms. The van der Waals surface area contributed by atoms with Gasteiger partial charge in [-0.2, -0.15) is 0 Å². The zero-order valence-corrected chi connectivity index (χ0v) is 16.7. The van der Waals surface area contributed by atoms with Crippen LogP contribution in [0.5, 0.6) is 0 Å². The number of nitrogens with two attached hydrogens (primary N) is 2. The fourth-order valence-electron chi connectivity index (χ4n) is 3.58. The van der Waals surface area contributed by atoms with Crippen molar-refractivity contribution in [3.05, 3.63) is 47.0 Å². The lowest BCUT2D eigenvalue weighted by Gasteiger charge is -2.38. The summed E-state index contributed by atoms with van der Waals surface area (Å²) in [5.74, 6) is -0.0753. The Bertz CT molecular complexity index is 1020. The van der Waals surface area contributed by atoms with Gasteiger partial charge in [-0.25, -0.2) is 19.9 Å². The third-order valence-electron chi connectivity index (χ3n) is 5.25. The van der Waals surface area contributed by atoms with Crippen molar-refractivity contribution in [2.75, 3.05) is 31.1 Å². The van der Waals surface area contributed by atoms with Gasteiger partial charge in [0, 0.05) is 38.1 Å². The van der Waals surface area contributed by atoms with Crippen molar-refractivity contribution in [2.24, 2.45) is 0 Å². The summed E-state index contributed by atoms with van der Waals surface area (Å²) >= 11 is 5.85. The standard InChI is InChI=1S/C18H20ClN9O2/c19-14-16(21)26-15(20)13(25-14)11(29)5-12-24-8-18(27-12)1-3-28(4-2-18)17(30)10-6-22-9-23-7-10/h5-7,9,24,27H,1-4,8H2,(H4,20,21,26)/b12-5+. The fraction of sp³-hybridized carbons (Fsp3) is 0.333. The highest BCUT2D eigenvalue weighted by Crippen LogP contribution is 2.27. The molecule has 2 aromatic rings. The number of nitrogen functional groups attached to an aromatic ring is 2. The van der Waals surface area contributed by atoms with E-state index in [1.807, 2.05) is 0 Å². The number of halogens is 1. The van der Waals surface area contributed by atoms with Gasteiger partial charge in [0.1, 0.15) is 12.1 Å². The molecule has 4 rings (SSSR count). The second-order valence-electron chi connectivity index (χ2n) is 7.23. The molecule has 0 radical (unpaired) electrons. The number of rotatable bonds is 3. The van der Waals surface area contributed by atoms with E-state index in [-0.39, 0.29) is 33.9 Å². The molecular weight excluding hydrogens is 410 g/mol. The van der Waals surface area contributed by atoms with Crippen LogP contribution >= 0.6 is 11.6 Å². The minimum absolute atomic E-state index is 0.0298. The lowest BCUT2D eigenvalue weighted by molar-refractivity contribution is 0.0666. The monoisotopic (exact) mass is 429 g/mol. The summed E-state index contributed by atoms with van der Waals surface area (Å²) in [7, 11) is 0. The lowest BCUT2D eigenvalue weighted by atomic mass is 9.88. The van der Waals surface area contributed by atoms with Crippen LogP contribution < -0.4 is 22.1 Å². The number of amides is 1. The Morgan fingerprint density at radius 2 is 1.83 bits per heavy atom. The van der Waals surface area contributed by atoms with Crippen LogP contribution in [0, 0.1) is 0 Å². The van der Waals surface area contributed by atoms with Crippen molar-refractivity contribution < 1.29 is 9.59 Å². The first-order valence-corrected chi connectivity index (χ1v) is 9.65. The van der Waals surface area contributed by atoms with Gasteiger partial charge in [0.2, 0.25) is 5.78 Å². The van der Waals surface area contributed by atoms with Crippen LogP contribution in [-0.2, 0) is 0 Å². The van der Waals surface area contributed by atoms with E-state index in [1.54, 1.807) is 4.90 Å². The van der Waals surface area contributed by atoms with Gasteiger partial charge in [0.05, 0.1) is 11.1 Å². The van der Waals surface area contributed by atoms with Crippen LogP contribution in [0.1, 0.15) is 33.7 Å². The van der Waals surface area contributed by atoms with Gasteiger partial charge >= 0.3 is 0 Å². The van der Waals surface area contributed by atoms with Gasteiger partial charge in [-0.1, -0.05) is 11.6 Å². The number of hydrogen-bond acceptors (Lipinski definition) is 10. The molecule has 0 saturated carbocycles. The van der Waals surface area contributed by atoms with Crippen LogP contribution in [0.25, 0.3) is 0 Å². The molecule has 0 bridgehead atoms. The Kier molecular flexibility index (Phi) is 5.12. The van der Waals surface area contributed by atoms with Crippen molar-refractivity contribution >= 4 is 34.9 Å². The van der Waals surface area contributed by atoms with Crippen molar-refractivity contribution in [3.63, 3.8) is 0 Å². The second kappa shape index (κ2) is 7.75. The van der Waals surface area contributed by atoms with E-state index in [0.717, 1.165) is 12.8 Å². The highest BCUT2D eigenvalue weighted by molar-refractivity contribution is 6.31. The number of nitrogens with one attached hydrogen (secondary N) is 2. The smallest absolute Gasteiger partial charge is 0.256 e. The third kappa shape index (κ3) is 3.83. The molecular formula is C18H20ClN9O2. The Hall–Kier alpha value is -3.47. The van der Waals surface area contributed by atoms with Crippen molar-refractivity contribution in [2.45, 2.75) is 18.4 Å². The number of carbonyl (C=O) groups is 2. The van der Waals surface area contributed by atoms with Crippen LogP contribution in [0.4, 0.5) is 11.6 Å². The van der Waals surface area contributed by atoms with Gasteiger partial charge in [-0.15, -0.1) is 0 Å². The van der Waals surface area contributed by atoms with Gasteiger partial charge in [0.25, 0.3) is 5.91 Å². The number of likely N-dealkylation sites (tertiary alicyclic amines) is 1. The molecule has 0 atom stereocenters. The maximum atomic E-state index is 12.6. The van der Waals surface area contributed by atoms with Crippen LogP contribution in [-0.4, -0.2) is 61.7 Å². The maximum absolute atomic E-state index is 12.6. The Balaban J connectivity index is 1.40. The van der Waals surface area contributed by atoms with Gasteiger partial charge in [-0.3, -0.25) is 9.59 Å². The van der Waals surface area contributed by atoms with Crippen molar-refractivity contribution in [1.29, 1.82) is 0 Å². The molecule has 0 unspecified atom stereocenters. The molecule has 1 amide bonds. The van der Waals surface area contributed by atoms with Gasteiger partial charge in [-0.05, 0) is 12.8 Å². The zero-order valence-electron chi connectivity index (χ0n) is 15.9. The van der Waals surface area contributed by atoms with Gasteiger partial charge < -0.3 is 27.0 Å². The quantitative estimate of drug-likeness (QED) is 0.384. The zero-order chi connectivity index (χ0) is 21.3. The van der Waals surface area contributed by atoms with E-state index in [2.05, 4.69) is 30.6 Å². The average Bonchev–Trinajstić information content (AvgIpc) is 3.13. The fourth-order valence-corrected chi connectivity index (χ4v) is 3.71. The largest absolute Gasteiger partial charge is 0.382 e. The topological polar surface area (TPSA) is 165 Å². The molecule has 11 nitrogen and oxygen atoms in total. The highest BCUT2D eigenvalue weighted by Gasteiger charge is 2.40. The van der Waals surface area contributed by atoms with Gasteiger partial charge in [0.15, 0.2) is 22.5 Å². The molecule has 2 aliphatic rings. The Morgan fingerprint density at radius 3 is 2.53 bits per heavy atom. The maximum Gasteiger partial charge on any atom is 0.256 e. The number of nitrogens with zero attached hydrogens (tertiary/aromatic N) is 5. The number of anilines is 2. The number of ketones is 1. The predicted molar refractivity (Wildman–Crippen MR) is 109 cm³/mol. The molecule has 2 aliphatic heterocycles. The van der Waals surface area contributed by atoms with Crippen LogP contribution in [0.2, 0.25) is 5.15 Å². The molecule has 2 saturated heterocycles. The number of carbonyl (C=O) groups excluding carboxylic acids is 2. The summed E-state index contributed by atoms with van der Waals surface area (Å²) in [6.45, 7) is 1.79. The Labute approximate surface area is 176 Å². The first kappa shape index (κ1) is 19.8. The number of allylic oxidation sites excluding steroid dienone is 1. The summed E-state index contributed by atoms with van der Waals surface area (Å²) in [4.78, 5) is 42.4. The summed E-state index contributed by atoms with van der Waals surface area (Å²) < 4.78 is 0. The molecule has 0 aromatic carbocycles. The summed E-state index contributed by atoms with van der Waals surface area (Å²) in [5, 5.41) is 6.50. The normalized spacial score (nSPS) is 18.8. The Morgan fingerprint density at radius 1 is 1.13 bits per heavy atom. The number of aromatic nitrogens is 4. The summed E-state index contributed by atoms with van der Waals surface area (Å²) in [5.41, 5.74) is 11.5. The molecule has 4 heterocycles. The van der Waals surface area contributed by atoms with E-state index in [9.17, 15) is 9.59 Å². The first-order chi connectivity index (χ1) is 14.4. The molecule has 0 aliphatic carbocycles. The van der Waals surface area contributed by atoms with Crippen molar-refractivity contribution in [3.8, 4) is 0 Å². The molecule has 1 spiro atoms. The van der Waals surface area contributed by atoms with Crippen LogP contribution in [0.3, 0.4) is 0 Å². The minimum Gasteiger partial charge on any atom is -0.382 e. The molecule has 2 fully saturated rings. The molecule has 30 heavy (non-hydrogen) atoms. The molecule has 6 N–H and O–H groups in total.